The summed E-state index contributed by atoms with van der Waals surface area (Å²) in [6.45, 7) is 1.19. The molecule has 2 nitrogen and oxygen atoms in total. The van der Waals surface area contributed by atoms with Crippen LogP contribution >= 0.6 is 0 Å². The van der Waals surface area contributed by atoms with Crippen LogP contribution in [0.2, 0.25) is 0 Å². The molecule has 0 aromatic carbocycles. The van der Waals surface area contributed by atoms with E-state index in [-0.39, 0.29) is 0 Å². The average molecular weight is 182 g/mol. The lowest BCUT2D eigenvalue weighted by Crippen LogP contribution is -2.18. The summed E-state index contributed by atoms with van der Waals surface area (Å²) in [5.41, 5.74) is 0. The summed E-state index contributed by atoms with van der Waals surface area (Å²) >= 11 is 0. The zero-order chi connectivity index (χ0) is 9.10. The number of hydrogen-bond donors (Lipinski definition) is 0. The fraction of sp³-hybridized carbons (Fsp3) is 0.909. The van der Waals surface area contributed by atoms with Crippen LogP contribution in [0.3, 0.4) is 0 Å². The molecule has 2 heteroatoms. The van der Waals surface area contributed by atoms with E-state index in [4.69, 9.17) is 4.74 Å². The van der Waals surface area contributed by atoms with E-state index < -0.39 is 0 Å². The van der Waals surface area contributed by atoms with Crippen LogP contribution in [0.15, 0.2) is 0 Å². The number of rotatable bonds is 5. The lowest BCUT2D eigenvalue weighted by Gasteiger charge is -2.07. The maximum Gasteiger partial charge on any atom is 0.161 e. The zero-order valence-electron chi connectivity index (χ0n) is 8.13. The second-order valence-electron chi connectivity index (χ2n) is 4.41. The molecule has 2 rings (SSSR count). The number of carbonyl (C=O) groups is 1. The number of ether oxygens (including phenoxy) is 1. The van der Waals surface area contributed by atoms with Crippen molar-refractivity contribution in [3.8, 4) is 0 Å². The van der Waals surface area contributed by atoms with Crippen LogP contribution in [-0.2, 0) is 9.53 Å². The third-order valence-electron chi connectivity index (χ3n) is 3.11. The summed E-state index contributed by atoms with van der Waals surface area (Å²) in [6.07, 6.45) is 7.28. The molecule has 0 radical (unpaired) electrons. The fourth-order valence-electron chi connectivity index (χ4n) is 1.98. The maximum absolute atomic E-state index is 11.5. The Balaban J connectivity index is 1.59. The molecule has 0 unspecified atom stereocenters. The molecule has 0 heterocycles. The highest BCUT2D eigenvalue weighted by Gasteiger charge is 2.24. The summed E-state index contributed by atoms with van der Waals surface area (Å²) in [7, 11) is 0. The molecule has 0 saturated heterocycles. The molecule has 0 atom stereocenters. The quantitative estimate of drug-likeness (QED) is 0.651. The first-order valence-electron chi connectivity index (χ1n) is 5.46. The molecule has 2 aliphatic rings. The topological polar surface area (TPSA) is 26.3 Å². The van der Waals surface area contributed by atoms with Crippen LogP contribution in [0.5, 0.6) is 0 Å². The van der Waals surface area contributed by atoms with E-state index >= 15 is 0 Å². The molecule has 0 aromatic rings. The third kappa shape index (κ3) is 2.80. The Morgan fingerprint density at radius 3 is 2.46 bits per heavy atom. The van der Waals surface area contributed by atoms with Crippen LogP contribution in [-0.4, -0.2) is 19.0 Å². The van der Waals surface area contributed by atoms with Crippen molar-refractivity contribution in [2.24, 2.45) is 11.8 Å². The Labute approximate surface area is 79.7 Å². The molecule has 0 spiro atoms. The van der Waals surface area contributed by atoms with Crippen molar-refractivity contribution in [3.63, 3.8) is 0 Å². The number of carbonyl (C=O) groups excluding carboxylic acids is 1. The standard InChI is InChI=1S/C11H18O2/c12-11(10-3-1-2-4-10)8-13-7-9-5-6-9/h9-10H,1-8H2. The highest BCUT2D eigenvalue weighted by molar-refractivity contribution is 5.82. The Morgan fingerprint density at radius 2 is 1.85 bits per heavy atom. The SMILES string of the molecule is O=C(COCC1CC1)C1CCCC1. The Bertz CT molecular complexity index is 179. The summed E-state index contributed by atoms with van der Waals surface area (Å²) in [5.74, 6) is 1.45. The van der Waals surface area contributed by atoms with Gasteiger partial charge < -0.3 is 4.74 Å². The summed E-state index contributed by atoms with van der Waals surface area (Å²) in [4.78, 5) is 11.5. The lowest BCUT2D eigenvalue weighted by atomic mass is 10.0. The molecule has 0 N–H and O–H groups in total. The Hall–Kier alpha value is -0.370. The molecule has 0 bridgehead atoms. The first kappa shape index (κ1) is 9.20. The molecule has 2 saturated carbocycles. The van der Waals surface area contributed by atoms with Crippen LogP contribution in [0.25, 0.3) is 0 Å². The number of hydrogen-bond acceptors (Lipinski definition) is 2. The largest absolute Gasteiger partial charge is 0.373 e. The van der Waals surface area contributed by atoms with Gasteiger partial charge in [0.25, 0.3) is 0 Å². The minimum atomic E-state index is 0.333. The van der Waals surface area contributed by atoms with Gasteiger partial charge in [0.15, 0.2) is 5.78 Å². The van der Waals surface area contributed by atoms with Crippen LogP contribution < -0.4 is 0 Å². The van der Waals surface area contributed by atoms with Gasteiger partial charge in [-0.25, -0.2) is 0 Å². The highest BCUT2D eigenvalue weighted by Crippen LogP contribution is 2.29. The van der Waals surface area contributed by atoms with Gasteiger partial charge in [-0.3, -0.25) is 4.79 Å². The molecular formula is C11H18O2. The van der Waals surface area contributed by atoms with E-state index in [0.29, 0.717) is 18.3 Å². The van der Waals surface area contributed by atoms with Crippen molar-refractivity contribution in [2.75, 3.05) is 13.2 Å². The first-order chi connectivity index (χ1) is 6.36. The lowest BCUT2D eigenvalue weighted by molar-refractivity contribution is -0.127. The van der Waals surface area contributed by atoms with E-state index in [0.717, 1.165) is 25.4 Å². The molecular weight excluding hydrogens is 164 g/mol. The smallest absolute Gasteiger partial charge is 0.161 e. The van der Waals surface area contributed by atoms with Crippen molar-refractivity contribution >= 4 is 5.78 Å². The van der Waals surface area contributed by atoms with Gasteiger partial charge in [-0.05, 0) is 31.6 Å². The minimum Gasteiger partial charge on any atom is -0.373 e. The molecule has 0 amide bonds. The van der Waals surface area contributed by atoms with E-state index in [1.807, 2.05) is 0 Å². The minimum absolute atomic E-state index is 0.333. The molecule has 2 aliphatic carbocycles. The van der Waals surface area contributed by atoms with Crippen LogP contribution in [0, 0.1) is 11.8 Å². The number of ketones is 1. The van der Waals surface area contributed by atoms with Crippen molar-refractivity contribution in [1.29, 1.82) is 0 Å². The van der Waals surface area contributed by atoms with Gasteiger partial charge in [0, 0.05) is 12.5 Å². The van der Waals surface area contributed by atoms with Crippen molar-refractivity contribution in [2.45, 2.75) is 38.5 Å². The van der Waals surface area contributed by atoms with Gasteiger partial charge in [-0.1, -0.05) is 12.8 Å². The molecule has 13 heavy (non-hydrogen) atoms. The molecule has 2 fully saturated rings. The van der Waals surface area contributed by atoms with Gasteiger partial charge in [-0.15, -0.1) is 0 Å². The highest BCUT2D eigenvalue weighted by atomic mass is 16.5. The van der Waals surface area contributed by atoms with Crippen LogP contribution in [0.1, 0.15) is 38.5 Å². The van der Waals surface area contributed by atoms with Gasteiger partial charge in [-0.2, -0.15) is 0 Å². The van der Waals surface area contributed by atoms with Gasteiger partial charge >= 0.3 is 0 Å². The number of Topliss-reactive ketones (excluding diaryl/α,β-unsaturated/α-hetero) is 1. The normalized spacial score (nSPS) is 23.7. The second-order valence-corrected chi connectivity index (χ2v) is 4.41. The van der Waals surface area contributed by atoms with E-state index in [2.05, 4.69) is 0 Å². The molecule has 74 valence electrons. The van der Waals surface area contributed by atoms with Crippen LogP contribution in [0.4, 0.5) is 0 Å². The zero-order valence-corrected chi connectivity index (χ0v) is 8.13. The summed E-state index contributed by atoms with van der Waals surface area (Å²) in [6, 6.07) is 0. The summed E-state index contributed by atoms with van der Waals surface area (Å²) < 4.78 is 5.38. The van der Waals surface area contributed by atoms with Gasteiger partial charge in [0.05, 0.1) is 0 Å². The Kier molecular flexibility index (Phi) is 2.99. The van der Waals surface area contributed by atoms with Gasteiger partial charge in [0.2, 0.25) is 0 Å². The van der Waals surface area contributed by atoms with Crippen molar-refractivity contribution < 1.29 is 9.53 Å². The fourth-order valence-corrected chi connectivity index (χ4v) is 1.98. The molecule has 0 aromatic heterocycles. The van der Waals surface area contributed by atoms with E-state index in [1.54, 1.807) is 0 Å². The second kappa shape index (κ2) is 4.23. The third-order valence-corrected chi connectivity index (χ3v) is 3.11. The first-order valence-corrected chi connectivity index (χ1v) is 5.46. The Morgan fingerprint density at radius 1 is 1.15 bits per heavy atom. The van der Waals surface area contributed by atoms with Crippen molar-refractivity contribution in [3.05, 3.63) is 0 Å². The molecule has 0 aliphatic heterocycles. The predicted molar refractivity (Wildman–Crippen MR) is 50.5 cm³/mol. The van der Waals surface area contributed by atoms with E-state index in [1.165, 1.54) is 25.7 Å². The van der Waals surface area contributed by atoms with E-state index in [9.17, 15) is 4.79 Å². The maximum atomic E-state index is 11.5. The van der Waals surface area contributed by atoms with Gasteiger partial charge in [0.1, 0.15) is 6.61 Å². The van der Waals surface area contributed by atoms with Crippen molar-refractivity contribution in [1.82, 2.24) is 0 Å². The monoisotopic (exact) mass is 182 g/mol. The average Bonchev–Trinajstić information content (AvgIpc) is 2.80. The summed E-state index contributed by atoms with van der Waals surface area (Å²) in [5, 5.41) is 0. The predicted octanol–water partition coefficient (Wildman–Crippen LogP) is 2.17.